The molecule has 1 saturated heterocycles. The van der Waals surface area contributed by atoms with Crippen molar-refractivity contribution in [1.82, 2.24) is 15.2 Å². The van der Waals surface area contributed by atoms with Crippen LogP contribution in [0.4, 0.5) is 5.82 Å². The smallest absolute Gasteiger partial charge is 0.126 e. The molecular weight excluding hydrogens is 424 g/mol. The third kappa shape index (κ3) is 4.65. The standard InChI is InChI=1S/C28H36N4O2/c1-32-13-5-6-22(32)11-12-29-16-21-14-19(9-10-26(21)33)20-15-24-25(18-31-28(24)30-17-20)23-7-3-4-8-27(23)34-2/h3-4,7-10,15,18,21-22,29-31,33H,5-6,11-14,16-17H2,1-2H3. The van der Waals surface area contributed by atoms with Gasteiger partial charge in [-0.3, -0.25) is 0 Å². The van der Waals surface area contributed by atoms with Crippen LogP contribution in [0.2, 0.25) is 0 Å². The molecular formula is C28H36N4O2. The van der Waals surface area contributed by atoms with Crippen molar-refractivity contribution < 1.29 is 9.84 Å². The molecule has 2 unspecified atom stereocenters. The minimum absolute atomic E-state index is 0.114. The van der Waals surface area contributed by atoms with Gasteiger partial charge in [0.2, 0.25) is 0 Å². The number of anilines is 1. The van der Waals surface area contributed by atoms with Crippen molar-refractivity contribution in [3.63, 3.8) is 0 Å². The molecule has 180 valence electrons. The fourth-order valence-electron chi connectivity index (χ4n) is 5.50. The normalized spacial score (nSPS) is 22.5. The maximum Gasteiger partial charge on any atom is 0.126 e. The number of likely N-dealkylation sites (tertiary alicyclic amines) is 1. The fourth-order valence-corrected chi connectivity index (χ4v) is 5.50. The molecule has 34 heavy (non-hydrogen) atoms. The number of hydrogen-bond donors (Lipinski definition) is 4. The number of aliphatic hydroxyl groups is 1. The average molecular weight is 461 g/mol. The summed E-state index contributed by atoms with van der Waals surface area (Å²) >= 11 is 0. The van der Waals surface area contributed by atoms with Crippen LogP contribution < -0.4 is 15.4 Å². The highest BCUT2D eigenvalue weighted by atomic mass is 16.5. The minimum Gasteiger partial charge on any atom is -0.512 e. The number of allylic oxidation sites excluding steroid dienone is 2. The lowest BCUT2D eigenvalue weighted by Gasteiger charge is -2.26. The third-order valence-electron chi connectivity index (χ3n) is 7.56. The van der Waals surface area contributed by atoms with Crippen LogP contribution in [0, 0.1) is 5.92 Å². The van der Waals surface area contributed by atoms with E-state index in [4.69, 9.17) is 4.74 Å². The zero-order chi connectivity index (χ0) is 23.5. The van der Waals surface area contributed by atoms with Gasteiger partial charge in [-0.1, -0.05) is 24.3 Å². The monoisotopic (exact) mass is 460 g/mol. The van der Waals surface area contributed by atoms with E-state index in [-0.39, 0.29) is 5.92 Å². The molecule has 1 fully saturated rings. The number of hydrogen-bond acceptors (Lipinski definition) is 5. The number of benzene rings is 1. The Balaban J connectivity index is 1.27. The second-order valence-electron chi connectivity index (χ2n) is 9.67. The van der Waals surface area contributed by atoms with E-state index in [1.165, 1.54) is 37.0 Å². The number of rotatable bonds is 8. The molecule has 3 heterocycles. The molecule has 1 aliphatic carbocycles. The van der Waals surface area contributed by atoms with Crippen LogP contribution in [0.15, 0.2) is 59.5 Å². The van der Waals surface area contributed by atoms with Crippen LogP contribution in [0.1, 0.15) is 31.2 Å². The highest BCUT2D eigenvalue weighted by Gasteiger charge is 2.25. The van der Waals surface area contributed by atoms with Gasteiger partial charge in [0.1, 0.15) is 11.6 Å². The number of nitrogens with zero attached hydrogens (tertiary/aromatic N) is 1. The summed E-state index contributed by atoms with van der Waals surface area (Å²) in [5.41, 5.74) is 5.91. The minimum atomic E-state index is 0.114. The van der Waals surface area contributed by atoms with Gasteiger partial charge < -0.3 is 30.4 Å². The van der Waals surface area contributed by atoms with Gasteiger partial charge in [0, 0.05) is 47.9 Å². The number of nitrogens with one attached hydrogen (secondary N) is 3. The Labute approximate surface area is 202 Å². The van der Waals surface area contributed by atoms with Gasteiger partial charge in [0.25, 0.3) is 0 Å². The van der Waals surface area contributed by atoms with Gasteiger partial charge >= 0.3 is 0 Å². The number of ether oxygens (including phenoxy) is 1. The number of methoxy groups -OCH3 is 1. The molecule has 3 aliphatic rings. The van der Waals surface area contributed by atoms with Crippen molar-refractivity contribution in [2.24, 2.45) is 5.92 Å². The summed E-state index contributed by atoms with van der Waals surface area (Å²) in [5.74, 6) is 2.50. The van der Waals surface area contributed by atoms with Crippen LogP contribution in [-0.4, -0.2) is 61.4 Å². The number of H-pyrrole nitrogens is 1. The van der Waals surface area contributed by atoms with Crippen LogP contribution in [0.3, 0.4) is 0 Å². The Morgan fingerprint density at radius 3 is 2.88 bits per heavy atom. The topological polar surface area (TPSA) is 72.5 Å². The first-order valence-corrected chi connectivity index (χ1v) is 12.4. The van der Waals surface area contributed by atoms with E-state index in [0.29, 0.717) is 11.8 Å². The average Bonchev–Trinajstić information content (AvgIpc) is 3.48. The van der Waals surface area contributed by atoms with Crippen molar-refractivity contribution >= 4 is 11.9 Å². The highest BCUT2D eigenvalue weighted by Crippen LogP contribution is 2.40. The lowest BCUT2D eigenvalue weighted by Crippen LogP contribution is -2.32. The van der Waals surface area contributed by atoms with E-state index in [1.54, 1.807) is 7.11 Å². The molecule has 1 aromatic heterocycles. The third-order valence-corrected chi connectivity index (χ3v) is 7.56. The molecule has 2 aromatic rings. The second kappa shape index (κ2) is 10.1. The van der Waals surface area contributed by atoms with E-state index in [0.717, 1.165) is 54.3 Å². The number of aromatic amines is 1. The molecule has 6 heteroatoms. The Bertz CT molecular complexity index is 1110. The number of aromatic nitrogens is 1. The molecule has 0 spiro atoms. The van der Waals surface area contributed by atoms with Crippen LogP contribution in [0.25, 0.3) is 17.2 Å². The molecule has 0 amide bonds. The van der Waals surface area contributed by atoms with Gasteiger partial charge in [0.15, 0.2) is 0 Å². The number of fused-ring (bicyclic) bond motifs is 1. The molecule has 2 aliphatic heterocycles. The summed E-state index contributed by atoms with van der Waals surface area (Å²) in [6, 6.07) is 8.82. The van der Waals surface area contributed by atoms with E-state index in [2.05, 4.69) is 45.8 Å². The molecule has 1 aromatic carbocycles. The first-order chi connectivity index (χ1) is 16.6. The molecule has 4 N–H and O–H groups in total. The zero-order valence-electron chi connectivity index (χ0n) is 20.2. The predicted molar refractivity (Wildman–Crippen MR) is 139 cm³/mol. The molecule has 0 saturated carbocycles. The Morgan fingerprint density at radius 2 is 2.06 bits per heavy atom. The maximum absolute atomic E-state index is 10.5. The van der Waals surface area contributed by atoms with Crippen molar-refractivity contribution in [3.8, 4) is 16.9 Å². The lowest BCUT2D eigenvalue weighted by atomic mass is 9.86. The number of aliphatic hydroxyl groups excluding tert-OH is 1. The van der Waals surface area contributed by atoms with Crippen LogP contribution in [-0.2, 0) is 0 Å². The predicted octanol–water partition coefficient (Wildman–Crippen LogP) is 4.96. The lowest BCUT2D eigenvalue weighted by molar-refractivity contribution is 0.285. The van der Waals surface area contributed by atoms with E-state index < -0.39 is 0 Å². The molecule has 0 radical (unpaired) electrons. The molecule has 5 rings (SSSR count). The van der Waals surface area contributed by atoms with E-state index in [9.17, 15) is 5.11 Å². The molecule has 0 bridgehead atoms. The quantitative estimate of drug-likeness (QED) is 0.419. The largest absolute Gasteiger partial charge is 0.512 e. The Kier molecular flexibility index (Phi) is 6.79. The van der Waals surface area contributed by atoms with Crippen molar-refractivity contribution in [1.29, 1.82) is 0 Å². The first-order valence-electron chi connectivity index (χ1n) is 12.4. The maximum atomic E-state index is 10.5. The van der Waals surface area contributed by atoms with Gasteiger partial charge in [0.05, 0.1) is 12.9 Å². The SMILES string of the molecule is COc1ccccc1-c1c[nH]c2c1C=C(C1=CC=C(O)C(CNCCC3CCCN3C)C1)CN2. The van der Waals surface area contributed by atoms with Gasteiger partial charge in [-0.25, -0.2) is 0 Å². The molecule has 6 nitrogen and oxygen atoms in total. The Morgan fingerprint density at radius 1 is 1.18 bits per heavy atom. The molecule has 2 atom stereocenters. The summed E-state index contributed by atoms with van der Waals surface area (Å²) < 4.78 is 5.60. The van der Waals surface area contributed by atoms with Crippen molar-refractivity contribution in [3.05, 3.63) is 65.1 Å². The fraction of sp³-hybridized carbons (Fsp3) is 0.429. The summed E-state index contributed by atoms with van der Waals surface area (Å²) in [6.07, 6.45) is 12.9. The second-order valence-corrected chi connectivity index (χ2v) is 9.67. The first kappa shape index (κ1) is 22.8. The van der Waals surface area contributed by atoms with Crippen LogP contribution in [0.5, 0.6) is 5.75 Å². The van der Waals surface area contributed by atoms with E-state index >= 15 is 0 Å². The summed E-state index contributed by atoms with van der Waals surface area (Å²) in [7, 11) is 3.94. The van der Waals surface area contributed by atoms with Crippen molar-refractivity contribution in [2.45, 2.75) is 31.7 Å². The zero-order valence-corrected chi connectivity index (χ0v) is 20.2. The summed E-state index contributed by atoms with van der Waals surface area (Å²) in [5, 5.41) is 17.7. The Hall–Kier alpha value is -2.96. The highest BCUT2D eigenvalue weighted by molar-refractivity contribution is 5.87. The van der Waals surface area contributed by atoms with Crippen molar-refractivity contribution in [2.75, 3.05) is 45.7 Å². The van der Waals surface area contributed by atoms with Gasteiger partial charge in [-0.05, 0) is 75.2 Å². The van der Waals surface area contributed by atoms with E-state index in [1.807, 2.05) is 30.5 Å². The number of para-hydroxylation sites is 1. The van der Waals surface area contributed by atoms with Crippen LogP contribution >= 0.6 is 0 Å². The summed E-state index contributed by atoms with van der Waals surface area (Å²) in [4.78, 5) is 5.85. The van der Waals surface area contributed by atoms with Gasteiger partial charge in [-0.2, -0.15) is 0 Å². The summed E-state index contributed by atoms with van der Waals surface area (Å²) in [6.45, 7) is 3.79. The van der Waals surface area contributed by atoms with Gasteiger partial charge in [-0.15, -0.1) is 0 Å².